The van der Waals surface area contributed by atoms with E-state index in [4.69, 9.17) is 0 Å². The number of nitrogens with zero attached hydrogens (tertiary/aromatic N) is 3. The molecule has 5 nitrogen and oxygen atoms in total. The number of hydrogen-bond donors (Lipinski definition) is 0. The first kappa shape index (κ1) is 20.8. The van der Waals surface area contributed by atoms with Crippen molar-refractivity contribution in [1.82, 2.24) is 14.7 Å². The summed E-state index contributed by atoms with van der Waals surface area (Å²) in [5, 5.41) is 0. The fraction of sp³-hybridized carbons (Fsp3) is 0.652. The van der Waals surface area contributed by atoms with Gasteiger partial charge in [0.1, 0.15) is 0 Å². The maximum Gasteiger partial charge on any atom is 0.253 e. The SMILES string of the molecule is CCC1CCCCN1C(=O)C(C)N1CCCN(C(=O)c2cccc(C)c2)CC1. The molecule has 0 radical (unpaired) electrons. The number of carbonyl (C=O) groups is 2. The van der Waals surface area contributed by atoms with Gasteiger partial charge in [-0.15, -0.1) is 0 Å². The topological polar surface area (TPSA) is 43.9 Å². The Balaban J connectivity index is 1.61. The van der Waals surface area contributed by atoms with Crippen molar-refractivity contribution in [1.29, 1.82) is 0 Å². The summed E-state index contributed by atoms with van der Waals surface area (Å²) in [6.07, 6.45) is 5.43. The largest absolute Gasteiger partial charge is 0.338 e. The number of rotatable bonds is 4. The third kappa shape index (κ3) is 4.75. The molecule has 3 rings (SSSR count). The summed E-state index contributed by atoms with van der Waals surface area (Å²) in [6, 6.07) is 8.09. The van der Waals surface area contributed by atoms with Gasteiger partial charge in [-0.05, 0) is 58.1 Å². The molecule has 0 aromatic heterocycles. The molecule has 0 saturated carbocycles. The zero-order valence-corrected chi connectivity index (χ0v) is 17.7. The molecule has 1 aromatic rings. The third-order valence-corrected chi connectivity index (χ3v) is 6.37. The highest BCUT2D eigenvalue weighted by atomic mass is 16.2. The second-order valence-corrected chi connectivity index (χ2v) is 8.32. The molecule has 2 saturated heterocycles. The molecule has 154 valence electrons. The lowest BCUT2D eigenvalue weighted by atomic mass is 9.99. The van der Waals surface area contributed by atoms with Crippen LogP contribution in [-0.2, 0) is 4.79 Å². The second-order valence-electron chi connectivity index (χ2n) is 8.32. The van der Waals surface area contributed by atoms with E-state index in [0.717, 1.165) is 63.0 Å². The van der Waals surface area contributed by atoms with Gasteiger partial charge in [-0.3, -0.25) is 14.5 Å². The van der Waals surface area contributed by atoms with Crippen molar-refractivity contribution >= 4 is 11.8 Å². The highest BCUT2D eigenvalue weighted by molar-refractivity contribution is 5.94. The number of hydrogen-bond acceptors (Lipinski definition) is 3. The van der Waals surface area contributed by atoms with Crippen LogP contribution in [0.25, 0.3) is 0 Å². The lowest BCUT2D eigenvalue weighted by Crippen LogP contribution is -2.52. The van der Waals surface area contributed by atoms with Crippen molar-refractivity contribution in [3.8, 4) is 0 Å². The summed E-state index contributed by atoms with van der Waals surface area (Å²) in [5.41, 5.74) is 1.87. The maximum atomic E-state index is 13.2. The standard InChI is InChI=1S/C23H35N3O2/c1-4-21-11-5-6-14-26(21)22(27)19(3)24-12-8-13-25(16-15-24)23(28)20-10-7-9-18(2)17-20/h7,9-10,17,19,21H,4-6,8,11-16H2,1-3H3. The van der Waals surface area contributed by atoms with Gasteiger partial charge >= 0.3 is 0 Å². The van der Waals surface area contributed by atoms with Gasteiger partial charge in [0, 0.05) is 44.3 Å². The molecule has 0 bridgehead atoms. The average molecular weight is 386 g/mol. The van der Waals surface area contributed by atoms with Crippen molar-refractivity contribution < 1.29 is 9.59 Å². The van der Waals surface area contributed by atoms with Gasteiger partial charge in [0.25, 0.3) is 5.91 Å². The van der Waals surface area contributed by atoms with Crippen LogP contribution in [0.4, 0.5) is 0 Å². The van der Waals surface area contributed by atoms with E-state index in [1.807, 2.05) is 43.0 Å². The van der Waals surface area contributed by atoms with E-state index in [0.29, 0.717) is 12.6 Å². The Labute approximate surface area is 169 Å². The summed E-state index contributed by atoms with van der Waals surface area (Å²) < 4.78 is 0. The number of carbonyl (C=O) groups excluding carboxylic acids is 2. The molecule has 1 aromatic carbocycles. The predicted molar refractivity (Wildman–Crippen MR) is 112 cm³/mol. The molecule has 0 N–H and O–H groups in total. The molecule has 0 aliphatic carbocycles. The summed E-state index contributed by atoms with van der Waals surface area (Å²) in [4.78, 5) is 32.4. The first-order valence-corrected chi connectivity index (χ1v) is 10.9. The fourth-order valence-corrected chi connectivity index (χ4v) is 4.60. The minimum absolute atomic E-state index is 0.103. The quantitative estimate of drug-likeness (QED) is 0.799. The van der Waals surface area contributed by atoms with Crippen molar-refractivity contribution in [3.63, 3.8) is 0 Å². The van der Waals surface area contributed by atoms with Crippen LogP contribution < -0.4 is 0 Å². The highest BCUT2D eigenvalue weighted by Gasteiger charge is 2.32. The van der Waals surface area contributed by atoms with Crippen LogP contribution in [-0.4, -0.2) is 71.3 Å². The van der Waals surface area contributed by atoms with E-state index >= 15 is 0 Å². The Morgan fingerprint density at radius 1 is 1.07 bits per heavy atom. The second kappa shape index (κ2) is 9.55. The molecule has 2 heterocycles. The fourth-order valence-electron chi connectivity index (χ4n) is 4.60. The zero-order valence-electron chi connectivity index (χ0n) is 17.7. The molecular formula is C23H35N3O2. The number of piperidine rings is 1. The van der Waals surface area contributed by atoms with E-state index < -0.39 is 0 Å². The molecule has 2 unspecified atom stereocenters. The van der Waals surface area contributed by atoms with Gasteiger partial charge in [-0.2, -0.15) is 0 Å². The van der Waals surface area contributed by atoms with Crippen LogP contribution in [0.1, 0.15) is 61.9 Å². The maximum absolute atomic E-state index is 13.2. The molecule has 5 heteroatoms. The Kier molecular flexibility index (Phi) is 7.11. The molecule has 2 amide bonds. The normalized spacial score (nSPS) is 22.6. The summed E-state index contributed by atoms with van der Waals surface area (Å²) in [6.45, 7) is 10.2. The van der Waals surface area contributed by atoms with Crippen LogP contribution in [0, 0.1) is 6.92 Å². The minimum atomic E-state index is -0.110. The van der Waals surface area contributed by atoms with Crippen LogP contribution in [0.3, 0.4) is 0 Å². The summed E-state index contributed by atoms with van der Waals surface area (Å²) in [7, 11) is 0. The van der Waals surface area contributed by atoms with Crippen molar-refractivity contribution in [2.24, 2.45) is 0 Å². The van der Waals surface area contributed by atoms with Crippen LogP contribution in [0.15, 0.2) is 24.3 Å². The smallest absolute Gasteiger partial charge is 0.253 e. The molecule has 2 fully saturated rings. The average Bonchev–Trinajstić information content (AvgIpc) is 2.98. The molecule has 2 atom stereocenters. The molecular weight excluding hydrogens is 350 g/mol. The predicted octanol–water partition coefficient (Wildman–Crippen LogP) is 3.32. The van der Waals surface area contributed by atoms with E-state index in [1.54, 1.807) is 0 Å². The Morgan fingerprint density at radius 3 is 2.64 bits per heavy atom. The Morgan fingerprint density at radius 2 is 1.89 bits per heavy atom. The summed E-state index contributed by atoms with van der Waals surface area (Å²) in [5.74, 6) is 0.372. The van der Waals surface area contributed by atoms with Crippen LogP contribution >= 0.6 is 0 Å². The van der Waals surface area contributed by atoms with Gasteiger partial charge < -0.3 is 9.80 Å². The monoisotopic (exact) mass is 385 g/mol. The highest BCUT2D eigenvalue weighted by Crippen LogP contribution is 2.22. The lowest BCUT2D eigenvalue weighted by Gasteiger charge is -2.39. The summed E-state index contributed by atoms with van der Waals surface area (Å²) >= 11 is 0. The van der Waals surface area contributed by atoms with Crippen molar-refractivity contribution in [2.45, 2.75) is 65.0 Å². The first-order valence-electron chi connectivity index (χ1n) is 10.9. The Hall–Kier alpha value is -1.88. The van der Waals surface area contributed by atoms with E-state index in [9.17, 15) is 9.59 Å². The Bertz CT molecular complexity index is 690. The first-order chi connectivity index (χ1) is 13.5. The van der Waals surface area contributed by atoms with Gasteiger partial charge in [0.2, 0.25) is 5.91 Å². The lowest BCUT2D eigenvalue weighted by molar-refractivity contribution is -0.140. The van der Waals surface area contributed by atoms with E-state index in [-0.39, 0.29) is 17.9 Å². The number of aryl methyl sites for hydroxylation is 1. The zero-order chi connectivity index (χ0) is 20.1. The van der Waals surface area contributed by atoms with E-state index in [2.05, 4.69) is 16.7 Å². The number of likely N-dealkylation sites (tertiary alicyclic amines) is 1. The molecule has 2 aliphatic rings. The van der Waals surface area contributed by atoms with Crippen molar-refractivity contribution in [3.05, 3.63) is 35.4 Å². The van der Waals surface area contributed by atoms with Crippen LogP contribution in [0.2, 0.25) is 0 Å². The molecule has 2 aliphatic heterocycles. The van der Waals surface area contributed by atoms with E-state index in [1.165, 1.54) is 6.42 Å². The van der Waals surface area contributed by atoms with Crippen molar-refractivity contribution in [2.75, 3.05) is 32.7 Å². The van der Waals surface area contributed by atoms with Gasteiger partial charge in [-0.1, -0.05) is 24.6 Å². The van der Waals surface area contributed by atoms with Crippen LogP contribution in [0.5, 0.6) is 0 Å². The minimum Gasteiger partial charge on any atom is -0.338 e. The number of benzene rings is 1. The molecule has 28 heavy (non-hydrogen) atoms. The molecule has 0 spiro atoms. The van der Waals surface area contributed by atoms with Gasteiger partial charge in [-0.25, -0.2) is 0 Å². The van der Waals surface area contributed by atoms with Gasteiger partial charge in [0.05, 0.1) is 6.04 Å². The number of amides is 2. The van der Waals surface area contributed by atoms with Gasteiger partial charge in [0.15, 0.2) is 0 Å². The third-order valence-electron chi connectivity index (χ3n) is 6.37.